The Balaban J connectivity index is 2.12. The van der Waals surface area contributed by atoms with Crippen molar-refractivity contribution in [1.29, 1.82) is 0 Å². The van der Waals surface area contributed by atoms with Gasteiger partial charge in [0.2, 0.25) is 0 Å². The summed E-state index contributed by atoms with van der Waals surface area (Å²) in [6.07, 6.45) is 1.97. The van der Waals surface area contributed by atoms with Crippen molar-refractivity contribution in [1.82, 2.24) is 4.98 Å². The van der Waals surface area contributed by atoms with Crippen molar-refractivity contribution in [3.8, 4) is 11.1 Å². The van der Waals surface area contributed by atoms with E-state index in [1.54, 1.807) is 19.1 Å². The van der Waals surface area contributed by atoms with Crippen molar-refractivity contribution in [2.45, 2.75) is 38.0 Å². The van der Waals surface area contributed by atoms with Crippen LogP contribution in [0.1, 0.15) is 49.3 Å². The molecule has 1 aromatic heterocycles. The normalized spacial score (nSPS) is 14.8. The number of nitrogens with zero attached hydrogens (tertiary/aromatic N) is 1. The van der Waals surface area contributed by atoms with Crippen LogP contribution in [-0.4, -0.2) is 21.8 Å². The molecule has 1 atom stereocenters. The zero-order chi connectivity index (χ0) is 19.8. The number of carbonyl (C=O) groups is 2. The second-order valence-electron chi connectivity index (χ2n) is 7.18. The van der Waals surface area contributed by atoms with E-state index in [0.29, 0.717) is 22.4 Å². The minimum absolute atomic E-state index is 0.122. The van der Waals surface area contributed by atoms with Crippen molar-refractivity contribution in [2.24, 2.45) is 0 Å². The number of carboxylic acids is 1. The lowest BCUT2D eigenvalue weighted by Crippen LogP contribution is -2.24. The first-order valence-corrected chi connectivity index (χ1v) is 9.45. The quantitative estimate of drug-likeness (QED) is 0.609. The van der Waals surface area contributed by atoms with Crippen LogP contribution in [-0.2, 0) is 9.59 Å². The molecular weight excluding hydrogens is 357 g/mol. The molecule has 142 valence electrons. The number of hydrogen-bond donors (Lipinski definition) is 1. The fourth-order valence-corrected chi connectivity index (χ4v) is 3.76. The van der Waals surface area contributed by atoms with Crippen LogP contribution in [0.3, 0.4) is 0 Å². The Morgan fingerprint density at radius 3 is 2.43 bits per heavy atom. The largest absolute Gasteiger partial charge is 0.480 e. The predicted octanol–water partition coefficient (Wildman–Crippen LogP) is 5.07. The number of pyridine rings is 1. The molecule has 1 aliphatic rings. The van der Waals surface area contributed by atoms with Crippen LogP contribution in [0.2, 0.25) is 0 Å². The third kappa shape index (κ3) is 3.17. The Kier molecular flexibility index (Phi) is 4.67. The molecule has 0 amide bonds. The maximum Gasteiger partial charge on any atom is 0.318 e. The van der Waals surface area contributed by atoms with Crippen LogP contribution in [0.25, 0.3) is 22.0 Å². The molecule has 28 heavy (non-hydrogen) atoms. The molecule has 1 N–H and O–H groups in total. The number of aromatic nitrogens is 1. The molecule has 3 aromatic rings. The van der Waals surface area contributed by atoms with Gasteiger partial charge in [-0.1, -0.05) is 37.3 Å². The first kappa shape index (κ1) is 18.3. The van der Waals surface area contributed by atoms with E-state index in [2.05, 4.69) is 0 Å². The summed E-state index contributed by atoms with van der Waals surface area (Å²) in [7, 11) is 0. The SMILES string of the molecule is CCC(=O)C(C(=O)O)c1c(C2CC2)nc2ccccc2c1-c1ccc(F)cc1. The predicted molar refractivity (Wildman–Crippen MR) is 105 cm³/mol. The molecule has 5 heteroatoms. The fraction of sp³-hybridized carbons (Fsp3) is 0.261. The standard InChI is InChI=1S/C23H20FNO3/c1-2-18(26)20(23(27)28)21-19(13-9-11-15(24)12-10-13)16-5-3-4-6-17(16)25-22(21)14-7-8-14/h3-6,9-12,14,20H,2,7-8H2,1H3,(H,27,28). The van der Waals surface area contributed by atoms with Crippen LogP contribution >= 0.6 is 0 Å². The molecule has 0 spiro atoms. The van der Waals surface area contributed by atoms with E-state index in [9.17, 15) is 19.1 Å². The lowest BCUT2D eigenvalue weighted by Gasteiger charge is -2.21. The molecule has 4 nitrogen and oxygen atoms in total. The van der Waals surface area contributed by atoms with Gasteiger partial charge in [-0.15, -0.1) is 0 Å². The molecule has 1 aliphatic carbocycles. The highest BCUT2D eigenvalue weighted by atomic mass is 19.1. The van der Waals surface area contributed by atoms with Crippen molar-refractivity contribution < 1.29 is 19.1 Å². The van der Waals surface area contributed by atoms with E-state index in [4.69, 9.17) is 4.98 Å². The average Bonchev–Trinajstić information content (AvgIpc) is 3.53. The van der Waals surface area contributed by atoms with Crippen molar-refractivity contribution >= 4 is 22.7 Å². The molecule has 1 saturated carbocycles. The van der Waals surface area contributed by atoms with E-state index in [0.717, 1.165) is 23.7 Å². The number of ketones is 1. The monoisotopic (exact) mass is 377 g/mol. The van der Waals surface area contributed by atoms with Gasteiger partial charge >= 0.3 is 5.97 Å². The lowest BCUT2D eigenvalue weighted by molar-refractivity contribution is -0.142. The van der Waals surface area contributed by atoms with Gasteiger partial charge in [-0.05, 0) is 42.2 Å². The summed E-state index contributed by atoms with van der Waals surface area (Å²) in [6.45, 7) is 1.67. The third-order valence-electron chi connectivity index (χ3n) is 5.26. The first-order valence-electron chi connectivity index (χ1n) is 9.45. The van der Waals surface area contributed by atoms with Gasteiger partial charge in [-0.3, -0.25) is 14.6 Å². The molecule has 0 aliphatic heterocycles. The topological polar surface area (TPSA) is 67.3 Å². The zero-order valence-electron chi connectivity index (χ0n) is 15.5. The van der Waals surface area contributed by atoms with Gasteiger partial charge in [0, 0.05) is 29.0 Å². The molecule has 1 heterocycles. The van der Waals surface area contributed by atoms with E-state index < -0.39 is 11.9 Å². The fourth-order valence-electron chi connectivity index (χ4n) is 3.76. The molecule has 2 aromatic carbocycles. The minimum Gasteiger partial charge on any atom is -0.480 e. The highest BCUT2D eigenvalue weighted by molar-refractivity contribution is 6.08. The summed E-state index contributed by atoms with van der Waals surface area (Å²) in [6, 6.07) is 13.5. The van der Waals surface area contributed by atoms with Crippen molar-refractivity contribution in [2.75, 3.05) is 0 Å². The number of carboxylic acid groups (broad SMARTS) is 1. The number of halogens is 1. The number of Topliss-reactive ketones (excluding diaryl/α,β-unsaturated/α-hetero) is 1. The van der Waals surface area contributed by atoms with Crippen molar-refractivity contribution in [3.05, 3.63) is 65.6 Å². The molecule has 1 fully saturated rings. The Bertz CT molecular complexity index is 1070. The second-order valence-corrected chi connectivity index (χ2v) is 7.18. The average molecular weight is 377 g/mol. The summed E-state index contributed by atoms with van der Waals surface area (Å²) < 4.78 is 13.5. The number of hydrogen-bond acceptors (Lipinski definition) is 3. The molecular formula is C23H20FNO3. The Morgan fingerprint density at radius 1 is 1.14 bits per heavy atom. The van der Waals surface area contributed by atoms with E-state index in [-0.39, 0.29) is 23.9 Å². The van der Waals surface area contributed by atoms with Gasteiger partial charge in [0.1, 0.15) is 11.7 Å². The van der Waals surface area contributed by atoms with Crippen LogP contribution in [0.4, 0.5) is 4.39 Å². The molecule has 0 saturated heterocycles. The van der Waals surface area contributed by atoms with E-state index >= 15 is 0 Å². The van der Waals surface area contributed by atoms with Gasteiger partial charge in [0.15, 0.2) is 5.78 Å². The van der Waals surface area contributed by atoms with Gasteiger partial charge in [0.05, 0.1) is 5.52 Å². The number of rotatable bonds is 6. The minimum atomic E-state index is -1.28. The number of fused-ring (bicyclic) bond motifs is 1. The van der Waals surface area contributed by atoms with Crippen LogP contribution in [0.5, 0.6) is 0 Å². The van der Waals surface area contributed by atoms with Crippen LogP contribution in [0.15, 0.2) is 48.5 Å². The summed E-state index contributed by atoms with van der Waals surface area (Å²) in [4.78, 5) is 29.6. The number of carbonyl (C=O) groups excluding carboxylic acids is 1. The maximum atomic E-state index is 13.5. The van der Waals surface area contributed by atoms with E-state index in [1.807, 2.05) is 24.3 Å². The molecule has 4 rings (SSSR count). The van der Waals surface area contributed by atoms with Crippen molar-refractivity contribution in [3.63, 3.8) is 0 Å². The molecule has 0 radical (unpaired) electrons. The van der Waals surface area contributed by atoms with Gasteiger partial charge in [-0.2, -0.15) is 0 Å². The summed E-state index contributed by atoms with van der Waals surface area (Å²) >= 11 is 0. The van der Waals surface area contributed by atoms with Gasteiger partial charge < -0.3 is 5.11 Å². The lowest BCUT2D eigenvalue weighted by atomic mass is 9.83. The second kappa shape index (κ2) is 7.15. The number of aliphatic carboxylic acids is 1. The number of benzene rings is 2. The third-order valence-corrected chi connectivity index (χ3v) is 5.26. The Hall–Kier alpha value is -3.08. The van der Waals surface area contributed by atoms with Gasteiger partial charge in [-0.25, -0.2) is 4.39 Å². The number of para-hydroxylation sites is 1. The Morgan fingerprint density at radius 2 is 1.82 bits per heavy atom. The molecule has 1 unspecified atom stereocenters. The Labute approximate surface area is 162 Å². The van der Waals surface area contributed by atoms with Crippen LogP contribution in [0, 0.1) is 5.82 Å². The summed E-state index contributed by atoms with van der Waals surface area (Å²) in [5.41, 5.74) is 3.26. The maximum absolute atomic E-state index is 13.5. The van der Waals surface area contributed by atoms with Gasteiger partial charge in [0.25, 0.3) is 0 Å². The smallest absolute Gasteiger partial charge is 0.318 e. The summed E-state index contributed by atoms with van der Waals surface area (Å²) in [5.74, 6) is -3.02. The highest BCUT2D eigenvalue weighted by Gasteiger charge is 2.38. The van der Waals surface area contributed by atoms with Crippen LogP contribution < -0.4 is 0 Å². The molecule has 0 bridgehead atoms. The first-order chi connectivity index (χ1) is 13.5. The summed E-state index contributed by atoms with van der Waals surface area (Å²) in [5, 5.41) is 10.7. The zero-order valence-corrected chi connectivity index (χ0v) is 15.5. The van der Waals surface area contributed by atoms with E-state index in [1.165, 1.54) is 12.1 Å². The highest BCUT2D eigenvalue weighted by Crippen LogP contribution is 2.47.